The highest BCUT2D eigenvalue weighted by atomic mass is 79.9. The fourth-order valence-electron chi connectivity index (χ4n) is 2.69. The van der Waals surface area contributed by atoms with Crippen molar-refractivity contribution in [3.05, 3.63) is 24.3 Å². The average molecular weight is 425 g/mol. The Balaban J connectivity index is 1.85. The van der Waals surface area contributed by atoms with Crippen molar-refractivity contribution >= 4 is 49.7 Å². The molecule has 0 atom stereocenters. The number of hydrogen-bond acceptors (Lipinski definition) is 6. The summed E-state index contributed by atoms with van der Waals surface area (Å²) in [7, 11) is 0. The number of ether oxygens (including phenoxy) is 2. The number of fused-ring (bicyclic) bond motifs is 3. The molecule has 3 aromatic rings. The highest BCUT2D eigenvalue weighted by Gasteiger charge is 2.23. The van der Waals surface area contributed by atoms with Crippen LogP contribution in [0.2, 0.25) is 0 Å². The van der Waals surface area contributed by atoms with Crippen molar-refractivity contribution in [2.24, 2.45) is 0 Å². The van der Waals surface area contributed by atoms with Crippen LogP contribution in [-0.2, 0) is 9.53 Å². The van der Waals surface area contributed by atoms with Crippen LogP contribution in [0.25, 0.3) is 21.9 Å². The first-order valence-electron chi connectivity index (χ1n) is 7.93. The predicted molar refractivity (Wildman–Crippen MR) is 99.8 cm³/mol. The second-order valence-electron chi connectivity index (χ2n) is 6.40. The molecule has 2 aromatic heterocycles. The molecule has 3 N–H and O–H groups in total. The van der Waals surface area contributed by atoms with Gasteiger partial charge >= 0.3 is 5.97 Å². The fraction of sp³-hybridized carbons (Fsp3) is 0.353. The maximum atomic E-state index is 14.1. The number of nitrogens with one attached hydrogen (secondary N) is 1. The van der Waals surface area contributed by atoms with Crippen molar-refractivity contribution in [3.8, 4) is 5.75 Å². The Kier molecular flexibility index (Phi) is 4.99. The molecule has 3 rings (SSSR count). The van der Waals surface area contributed by atoms with Crippen LogP contribution in [0.1, 0.15) is 20.3 Å². The van der Waals surface area contributed by atoms with Crippen molar-refractivity contribution in [1.82, 2.24) is 15.0 Å². The Morgan fingerprint density at radius 3 is 2.88 bits per heavy atom. The normalized spacial score (nSPS) is 11.8. The number of nitrogens with zero attached hydrogens (tertiary/aromatic N) is 2. The predicted octanol–water partition coefficient (Wildman–Crippen LogP) is 3.32. The molecule has 9 heteroatoms. The number of anilines is 1. The zero-order chi connectivity index (χ0) is 18.9. The van der Waals surface area contributed by atoms with Gasteiger partial charge in [-0.3, -0.25) is 4.79 Å². The van der Waals surface area contributed by atoms with E-state index in [4.69, 9.17) is 15.2 Å². The van der Waals surface area contributed by atoms with E-state index in [1.807, 2.05) is 0 Å². The third-order valence-electron chi connectivity index (χ3n) is 3.92. The van der Waals surface area contributed by atoms with Crippen LogP contribution >= 0.6 is 15.9 Å². The van der Waals surface area contributed by atoms with Crippen LogP contribution in [0.15, 0.2) is 18.5 Å². The zero-order valence-electron chi connectivity index (χ0n) is 14.3. The molecule has 138 valence electrons. The standard InChI is InChI=1S/C17H18BrFN4O3/c1-17(2,26-12(24)7-18)3-4-25-11-6-9(19)5-10-13-15(20)21-8-22-16(13)23-14(10)11/h5-6,8H,3-4,7H2,1-2H3,(H3,20,21,22,23). The van der Waals surface area contributed by atoms with Gasteiger partial charge in [0, 0.05) is 17.9 Å². The number of benzene rings is 1. The van der Waals surface area contributed by atoms with Crippen molar-refractivity contribution in [3.63, 3.8) is 0 Å². The SMILES string of the molecule is CC(C)(CCOc1cc(F)cc2c1[nH]c1ncnc(N)c12)OC(=O)CBr. The molecule has 1 aromatic carbocycles. The Hall–Kier alpha value is -2.42. The van der Waals surface area contributed by atoms with E-state index in [9.17, 15) is 9.18 Å². The zero-order valence-corrected chi connectivity index (χ0v) is 15.9. The Labute approximate surface area is 157 Å². The molecule has 0 aliphatic heterocycles. The molecule has 2 heterocycles. The molecule has 7 nitrogen and oxygen atoms in total. The van der Waals surface area contributed by atoms with Gasteiger partial charge in [-0.1, -0.05) is 15.9 Å². The summed E-state index contributed by atoms with van der Waals surface area (Å²) in [5.74, 6) is -0.213. The molecule has 0 saturated carbocycles. The number of aromatic nitrogens is 3. The van der Waals surface area contributed by atoms with Crippen molar-refractivity contribution in [1.29, 1.82) is 0 Å². The van der Waals surface area contributed by atoms with Crippen LogP contribution in [0.3, 0.4) is 0 Å². The van der Waals surface area contributed by atoms with Crippen LogP contribution in [0.4, 0.5) is 10.2 Å². The first kappa shape index (κ1) is 18.4. The van der Waals surface area contributed by atoms with E-state index in [1.54, 1.807) is 13.8 Å². The molecule has 0 amide bonds. The summed E-state index contributed by atoms with van der Waals surface area (Å²) < 4.78 is 25.1. The second-order valence-corrected chi connectivity index (χ2v) is 6.96. The molecule has 0 spiro atoms. The fourth-order valence-corrected chi connectivity index (χ4v) is 2.81. The highest BCUT2D eigenvalue weighted by molar-refractivity contribution is 9.09. The van der Waals surface area contributed by atoms with E-state index in [0.717, 1.165) is 0 Å². The lowest BCUT2D eigenvalue weighted by atomic mass is 10.1. The van der Waals surface area contributed by atoms with E-state index in [-0.39, 0.29) is 23.7 Å². The molecule has 0 bridgehead atoms. The van der Waals surface area contributed by atoms with Gasteiger partial charge in [-0.25, -0.2) is 14.4 Å². The third kappa shape index (κ3) is 3.72. The molecule has 0 aliphatic carbocycles. The number of H-pyrrole nitrogens is 1. The summed E-state index contributed by atoms with van der Waals surface area (Å²) in [6, 6.07) is 2.65. The van der Waals surface area contributed by atoms with E-state index in [0.29, 0.717) is 34.1 Å². The number of halogens is 2. The van der Waals surface area contributed by atoms with Crippen molar-refractivity contribution < 1.29 is 18.7 Å². The second kappa shape index (κ2) is 7.06. The first-order valence-corrected chi connectivity index (χ1v) is 9.05. The number of nitrogen functional groups attached to an aromatic ring is 1. The van der Waals surface area contributed by atoms with Crippen LogP contribution in [0, 0.1) is 5.82 Å². The van der Waals surface area contributed by atoms with Gasteiger partial charge in [0.1, 0.15) is 40.3 Å². The number of esters is 1. The van der Waals surface area contributed by atoms with E-state index in [2.05, 4.69) is 30.9 Å². The van der Waals surface area contributed by atoms with Crippen molar-refractivity contribution in [2.75, 3.05) is 17.7 Å². The number of alkyl halides is 1. The van der Waals surface area contributed by atoms with E-state index >= 15 is 0 Å². The van der Waals surface area contributed by atoms with Gasteiger partial charge in [0.05, 0.1) is 17.5 Å². The number of nitrogens with two attached hydrogens (primary N) is 1. The Bertz CT molecular complexity index is 973. The summed E-state index contributed by atoms with van der Waals surface area (Å²) in [6.45, 7) is 3.81. The maximum Gasteiger partial charge on any atom is 0.317 e. The van der Waals surface area contributed by atoms with Gasteiger partial charge in [0.2, 0.25) is 0 Å². The lowest BCUT2D eigenvalue weighted by Crippen LogP contribution is -2.30. The number of hydrogen-bond donors (Lipinski definition) is 2. The quantitative estimate of drug-likeness (QED) is 0.464. The van der Waals surface area contributed by atoms with Crippen LogP contribution in [-0.4, -0.2) is 38.5 Å². The molecule has 0 fully saturated rings. The molecule has 0 radical (unpaired) electrons. The molecular weight excluding hydrogens is 407 g/mol. The van der Waals surface area contributed by atoms with Gasteiger partial charge in [0.15, 0.2) is 0 Å². The molecule has 0 saturated heterocycles. The molecule has 26 heavy (non-hydrogen) atoms. The van der Waals surface area contributed by atoms with Gasteiger partial charge in [0.25, 0.3) is 0 Å². The minimum absolute atomic E-state index is 0.124. The number of aromatic amines is 1. The van der Waals surface area contributed by atoms with Crippen molar-refractivity contribution in [2.45, 2.75) is 25.9 Å². The topological polar surface area (TPSA) is 103 Å². The molecule has 0 unspecified atom stereocenters. The number of carbonyl (C=O) groups excluding carboxylic acids is 1. The molecular formula is C17H18BrFN4O3. The summed E-state index contributed by atoms with van der Waals surface area (Å²) in [5.41, 5.74) is 6.29. The average Bonchev–Trinajstić information content (AvgIpc) is 2.94. The van der Waals surface area contributed by atoms with E-state index < -0.39 is 11.4 Å². The van der Waals surface area contributed by atoms with Gasteiger partial charge in [-0.15, -0.1) is 0 Å². The monoisotopic (exact) mass is 424 g/mol. The summed E-state index contributed by atoms with van der Waals surface area (Å²) in [5, 5.41) is 1.23. The smallest absolute Gasteiger partial charge is 0.317 e. The van der Waals surface area contributed by atoms with Crippen LogP contribution in [0.5, 0.6) is 5.75 Å². The maximum absolute atomic E-state index is 14.1. The number of carbonyl (C=O) groups is 1. The molecule has 0 aliphatic rings. The van der Waals surface area contributed by atoms with Gasteiger partial charge < -0.3 is 20.2 Å². The minimum Gasteiger partial charge on any atom is -0.491 e. The lowest BCUT2D eigenvalue weighted by molar-refractivity contribution is -0.153. The summed E-state index contributed by atoms with van der Waals surface area (Å²) in [4.78, 5) is 22.6. The highest BCUT2D eigenvalue weighted by Crippen LogP contribution is 2.34. The minimum atomic E-state index is -0.701. The third-order valence-corrected chi connectivity index (χ3v) is 4.38. The van der Waals surface area contributed by atoms with Crippen LogP contribution < -0.4 is 10.5 Å². The first-order chi connectivity index (χ1) is 12.3. The lowest BCUT2D eigenvalue weighted by Gasteiger charge is -2.24. The van der Waals surface area contributed by atoms with E-state index in [1.165, 1.54) is 18.5 Å². The Morgan fingerprint density at radius 2 is 2.15 bits per heavy atom. The van der Waals surface area contributed by atoms with Gasteiger partial charge in [-0.2, -0.15) is 0 Å². The summed E-state index contributed by atoms with van der Waals surface area (Å²) in [6.07, 6.45) is 1.77. The largest absolute Gasteiger partial charge is 0.491 e. The van der Waals surface area contributed by atoms with Gasteiger partial charge in [-0.05, 0) is 19.9 Å². The number of rotatable bonds is 6. The Morgan fingerprint density at radius 1 is 1.38 bits per heavy atom. The summed E-state index contributed by atoms with van der Waals surface area (Å²) >= 11 is 3.06.